The number of benzene rings is 2. The van der Waals surface area contributed by atoms with Gasteiger partial charge in [-0.25, -0.2) is 9.37 Å². The van der Waals surface area contributed by atoms with E-state index in [4.69, 9.17) is 5.73 Å². The molecule has 0 aliphatic carbocycles. The van der Waals surface area contributed by atoms with E-state index in [9.17, 15) is 9.18 Å². The topological polar surface area (TPSA) is 110 Å². The highest BCUT2D eigenvalue weighted by atomic mass is 19.1. The maximum atomic E-state index is 13.3. The number of rotatable bonds is 5. The van der Waals surface area contributed by atoms with Gasteiger partial charge in [-0.15, -0.1) is 5.10 Å². The minimum Gasteiger partial charge on any atom is -0.366 e. The molecule has 2 heterocycles. The van der Waals surface area contributed by atoms with E-state index >= 15 is 0 Å². The first-order valence-electron chi connectivity index (χ1n) is 8.62. The van der Waals surface area contributed by atoms with Crippen LogP contribution in [0.15, 0.2) is 48.7 Å². The van der Waals surface area contributed by atoms with E-state index in [0.29, 0.717) is 29.3 Å². The largest absolute Gasteiger partial charge is 0.366 e. The average molecular weight is 376 g/mol. The molecule has 2 aromatic heterocycles. The van der Waals surface area contributed by atoms with Crippen molar-refractivity contribution in [1.29, 1.82) is 0 Å². The summed E-state index contributed by atoms with van der Waals surface area (Å²) in [5, 5.41) is 12.1. The molecule has 0 unspecified atom stereocenters. The summed E-state index contributed by atoms with van der Waals surface area (Å²) in [4.78, 5) is 19.4. The van der Waals surface area contributed by atoms with Crippen LogP contribution in [-0.4, -0.2) is 26.1 Å². The molecular weight excluding hydrogens is 359 g/mol. The predicted octanol–water partition coefficient (Wildman–Crippen LogP) is 3.18. The predicted molar refractivity (Wildman–Crippen MR) is 104 cm³/mol. The second-order valence-corrected chi connectivity index (χ2v) is 6.37. The molecule has 0 aliphatic heterocycles. The van der Waals surface area contributed by atoms with E-state index in [1.54, 1.807) is 18.2 Å². The van der Waals surface area contributed by atoms with Gasteiger partial charge in [0.05, 0.1) is 17.3 Å². The number of nitrogens with one attached hydrogen (secondary N) is 2. The van der Waals surface area contributed by atoms with Gasteiger partial charge in [0, 0.05) is 23.2 Å². The number of fused-ring (bicyclic) bond motifs is 1. The monoisotopic (exact) mass is 376 g/mol. The molecule has 8 heteroatoms. The Morgan fingerprint density at radius 1 is 1.25 bits per heavy atom. The lowest BCUT2D eigenvalue weighted by Gasteiger charge is -2.07. The molecule has 140 valence electrons. The molecule has 0 spiro atoms. The summed E-state index contributed by atoms with van der Waals surface area (Å²) in [7, 11) is 0. The van der Waals surface area contributed by atoms with Crippen LogP contribution in [-0.2, 0) is 6.54 Å². The number of H-pyrrole nitrogens is 1. The minimum atomic E-state index is -0.511. The lowest BCUT2D eigenvalue weighted by molar-refractivity contribution is 0.100. The van der Waals surface area contributed by atoms with Crippen molar-refractivity contribution in [2.45, 2.75) is 13.5 Å². The van der Waals surface area contributed by atoms with Crippen molar-refractivity contribution in [1.82, 2.24) is 20.2 Å². The summed E-state index contributed by atoms with van der Waals surface area (Å²) < 4.78 is 13.3. The fraction of sp³-hybridized carbons (Fsp3) is 0.100. The summed E-state index contributed by atoms with van der Waals surface area (Å²) >= 11 is 0. The van der Waals surface area contributed by atoms with Crippen molar-refractivity contribution < 1.29 is 9.18 Å². The van der Waals surface area contributed by atoms with E-state index in [0.717, 1.165) is 22.2 Å². The quantitative estimate of drug-likeness (QED) is 0.496. The molecule has 4 N–H and O–H groups in total. The Balaban J connectivity index is 1.69. The first kappa shape index (κ1) is 17.6. The van der Waals surface area contributed by atoms with E-state index < -0.39 is 5.91 Å². The highest BCUT2D eigenvalue weighted by Crippen LogP contribution is 2.31. The first-order chi connectivity index (χ1) is 13.5. The Kier molecular flexibility index (Phi) is 4.44. The molecule has 1 amide bonds. The van der Waals surface area contributed by atoms with Crippen LogP contribution in [0.4, 0.5) is 10.2 Å². The zero-order chi connectivity index (χ0) is 19.7. The van der Waals surface area contributed by atoms with E-state index in [2.05, 4.69) is 25.5 Å². The SMILES string of the molecule is Cc1[nH]c2c(C(N)=O)cccc2c1-c1nncc(NCc2cccc(F)c2)n1. The van der Waals surface area contributed by atoms with Crippen LogP contribution in [0.1, 0.15) is 21.6 Å². The van der Waals surface area contributed by atoms with Gasteiger partial charge in [0.1, 0.15) is 11.6 Å². The van der Waals surface area contributed by atoms with Crippen molar-refractivity contribution in [3.05, 3.63) is 71.3 Å². The molecule has 0 bridgehead atoms. The van der Waals surface area contributed by atoms with Crippen LogP contribution in [0.2, 0.25) is 0 Å². The van der Waals surface area contributed by atoms with Gasteiger partial charge in [0.15, 0.2) is 5.82 Å². The second-order valence-electron chi connectivity index (χ2n) is 6.37. The zero-order valence-corrected chi connectivity index (χ0v) is 15.0. The van der Waals surface area contributed by atoms with Crippen molar-refractivity contribution >= 4 is 22.6 Å². The fourth-order valence-electron chi connectivity index (χ4n) is 3.17. The summed E-state index contributed by atoms with van der Waals surface area (Å²) in [5.74, 6) is 0.118. The maximum absolute atomic E-state index is 13.3. The number of aromatic nitrogens is 4. The standard InChI is InChI=1S/C20H17FN6O/c1-11-17(14-6-3-7-15(19(22)28)18(14)25-11)20-26-16(10-24-27-20)23-9-12-4-2-5-13(21)8-12/h2-8,10,25H,9H2,1H3,(H2,22,28)(H,23,26,27). The number of primary amides is 1. The highest BCUT2D eigenvalue weighted by Gasteiger charge is 2.17. The van der Waals surface area contributed by atoms with Crippen LogP contribution in [0.25, 0.3) is 22.3 Å². The van der Waals surface area contributed by atoms with Gasteiger partial charge in [0.2, 0.25) is 0 Å². The normalized spacial score (nSPS) is 10.9. The number of nitrogens with two attached hydrogens (primary N) is 1. The molecule has 7 nitrogen and oxygen atoms in total. The number of aryl methyl sites for hydroxylation is 1. The van der Waals surface area contributed by atoms with E-state index in [1.165, 1.54) is 18.3 Å². The first-order valence-corrected chi connectivity index (χ1v) is 8.62. The van der Waals surface area contributed by atoms with Crippen molar-refractivity contribution in [2.24, 2.45) is 5.73 Å². The lowest BCUT2D eigenvalue weighted by atomic mass is 10.1. The number of halogens is 1. The van der Waals surface area contributed by atoms with Gasteiger partial charge in [0.25, 0.3) is 5.91 Å². The Labute approximate surface area is 159 Å². The van der Waals surface area contributed by atoms with Crippen LogP contribution >= 0.6 is 0 Å². The third kappa shape index (κ3) is 3.27. The summed E-state index contributed by atoms with van der Waals surface area (Å²) in [5.41, 5.74) is 8.85. The molecule has 4 rings (SSSR count). The molecular formula is C20H17FN6O. The fourth-order valence-corrected chi connectivity index (χ4v) is 3.17. The molecule has 0 radical (unpaired) electrons. The molecule has 2 aromatic carbocycles. The average Bonchev–Trinajstić information content (AvgIpc) is 3.02. The van der Waals surface area contributed by atoms with Crippen LogP contribution in [0.5, 0.6) is 0 Å². The molecule has 0 saturated carbocycles. The summed E-state index contributed by atoms with van der Waals surface area (Å²) in [6.45, 7) is 2.27. The number of para-hydroxylation sites is 1. The third-order valence-electron chi connectivity index (χ3n) is 4.43. The highest BCUT2D eigenvalue weighted by molar-refractivity contribution is 6.09. The van der Waals surface area contributed by atoms with Crippen molar-refractivity contribution in [3.8, 4) is 11.4 Å². The van der Waals surface area contributed by atoms with Crippen molar-refractivity contribution in [3.63, 3.8) is 0 Å². The number of carbonyl (C=O) groups excluding carboxylic acids is 1. The molecule has 28 heavy (non-hydrogen) atoms. The van der Waals surface area contributed by atoms with Crippen molar-refractivity contribution in [2.75, 3.05) is 5.32 Å². The van der Waals surface area contributed by atoms with Crippen LogP contribution in [0, 0.1) is 12.7 Å². The smallest absolute Gasteiger partial charge is 0.250 e. The number of amides is 1. The molecule has 0 aliphatic rings. The molecule has 0 atom stereocenters. The third-order valence-corrected chi connectivity index (χ3v) is 4.43. The van der Waals surface area contributed by atoms with Gasteiger partial charge >= 0.3 is 0 Å². The molecule has 0 fully saturated rings. The van der Waals surface area contributed by atoms with E-state index in [-0.39, 0.29) is 5.82 Å². The maximum Gasteiger partial charge on any atom is 0.250 e. The number of carbonyl (C=O) groups is 1. The van der Waals surface area contributed by atoms with Gasteiger partial charge in [-0.3, -0.25) is 4.79 Å². The van der Waals surface area contributed by atoms with E-state index in [1.807, 2.05) is 19.1 Å². The molecule has 0 saturated heterocycles. The van der Waals surface area contributed by atoms with Gasteiger partial charge in [-0.05, 0) is 30.7 Å². The zero-order valence-electron chi connectivity index (χ0n) is 15.0. The Hall–Kier alpha value is -3.81. The number of nitrogens with zero attached hydrogens (tertiary/aromatic N) is 3. The van der Waals surface area contributed by atoms with Crippen LogP contribution in [0.3, 0.4) is 0 Å². The number of hydrogen-bond acceptors (Lipinski definition) is 5. The Morgan fingerprint density at radius 3 is 2.86 bits per heavy atom. The number of aromatic amines is 1. The van der Waals surface area contributed by atoms with Gasteiger partial charge in [-0.2, -0.15) is 5.10 Å². The minimum absolute atomic E-state index is 0.291. The van der Waals surface area contributed by atoms with Gasteiger partial charge in [-0.1, -0.05) is 24.3 Å². The molecule has 4 aromatic rings. The lowest BCUT2D eigenvalue weighted by Crippen LogP contribution is -2.11. The Morgan fingerprint density at radius 2 is 2.07 bits per heavy atom. The van der Waals surface area contributed by atoms with Gasteiger partial charge < -0.3 is 16.0 Å². The van der Waals surface area contributed by atoms with Crippen LogP contribution < -0.4 is 11.1 Å². The number of anilines is 1. The summed E-state index contributed by atoms with van der Waals surface area (Å²) in [6.07, 6.45) is 1.50. The summed E-state index contributed by atoms with van der Waals surface area (Å²) in [6, 6.07) is 11.6. The Bertz CT molecular complexity index is 1190. The second kappa shape index (κ2) is 7.07. The number of hydrogen-bond donors (Lipinski definition) is 3.